The first-order chi connectivity index (χ1) is 8.58. The Labute approximate surface area is 116 Å². The fourth-order valence-corrected chi connectivity index (χ4v) is 2.20. The van der Waals surface area contributed by atoms with Crippen LogP contribution in [-0.2, 0) is 0 Å². The number of nitrogens with two attached hydrogens (primary N) is 1. The normalized spacial score (nSPS) is 14.8. The number of rotatable bonds is 6. The highest BCUT2D eigenvalue weighted by atomic mass is 79.9. The Morgan fingerprint density at radius 3 is 2.89 bits per heavy atom. The number of amidine groups is 1. The molecule has 0 saturated heterocycles. The van der Waals surface area contributed by atoms with Gasteiger partial charge in [-0.3, -0.25) is 5.41 Å². The monoisotopic (exact) mass is 311 g/mol. The molecule has 1 aliphatic carbocycles. The smallest absolute Gasteiger partial charge is 0.130 e. The topological polar surface area (TPSA) is 62.3 Å². The summed E-state index contributed by atoms with van der Waals surface area (Å²) in [5, 5.41) is 7.54. The minimum absolute atomic E-state index is 0.0295. The maximum absolute atomic E-state index is 7.54. The lowest BCUT2D eigenvalue weighted by Crippen LogP contribution is -2.26. The molecule has 1 aromatic rings. The van der Waals surface area contributed by atoms with Gasteiger partial charge in [0.25, 0.3) is 0 Å². The van der Waals surface area contributed by atoms with Gasteiger partial charge in [-0.2, -0.15) is 0 Å². The molecule has 18 heavy (non-hydrogen) atoms. The molecule has 2 rings (SSSR count). The third-order valence-electron chi connectivity index (χ3n) is 3.10. The highest BCUT2D eigenvalue weighted by molar-refractivity contribution is 9.10. The molecule has 0 bridgehead atoms. The predicted octanol–water partition coefficient (Wildman–Crippen LogP) is 2.21. The van der Waals surface area contributed by atoms with Crippen molar-refractivity contribution >= 4 is 21.8 Å². The Bertz CT molecular complexity index is 446. The van der Waals surface area contributed by atoms with Crippen molar-refractivity contribution in [3.05, 3.63) is 28.2 Å². The lowest BCUT2D eigenvalue weighted by atomic mass is 10.2. The van der Waals surface area contributed by atoms with E-state index >= 15 is 0 Å². The van der Waals surface area contributed by atoms with Crippen molar-refractivity contribution in [2.45, 2.75) is 18.9 Å². The fourth-order valence-electron chi connectivity index (χ4n) is 1.84. The van der Waals surface area contributed by atoms with Crippen molar-refractivity contribution in [1.82, 2.24) is 4.90 Å². The Hall–Kier alpha value is -1.07. The maximum Gasteiger partial charge on any atom is 0.130 e. The van der Waals surface area contributed by atoms with Gasteiger partial charge < -0.3 is 15.4 Å². The predicted molar refractivity (Wildman–Crippen MR) is 76.3 cm³/mol. The number of nitrogens with one attached hydrogen (secondary N) is 1. The molecule has 4 nitrogen and oxygen atoms in total. The van der Waals surface area contributed by atoms with Crippen LogP contribution in [0.5, 0.6) is 5.75 Å². The zero-order valence-corrected chi connectivity index (χ0v) is 12.0. The first-order valence-electron chi connectivity index (χ1n) is 6.05. The summed E-state index contributed by atoms with van der Waals surface area (Å²) in [6.45, 7) is 1.52. The summed E-state index contributed by atoms with van der Waals surface area (Å²) in [6.07, 6.45) is 2.60. The zero-order chi connectivity index (χ0) is 13.1. The maximum atomic E-state index is 7.54. The van der Waals surface area contributed by atoms with E-state index in [1.807, 2.05) is 18.2 Å². The molecular formula is C13H18BrN3O. The van der Waals surface area contributed by atoms with Crippen molar-refractivity contribution < 1.29 is 4.74 Å². The standard InChI is InChI=1S/C13H18BrN3O/c1-17(10-3-4-10)6-7-18-12-5-2-9(14)8-11(12)13(15)16/h2,5,8,10H,3-4,6-7H2,1H3,(H3,15,16). The quantitative estimate of drug-likeness (QED) is 0.625. The van der Waals surface area contributed by atoms with Crippen LogP contribution in [0.3, 0.4) is 0 Å². The molecule has 1 saturated carbocycles. The Morgan fingerprint density at radius 2 is 2.28 bits per heavy atom. The van der Waals surface area contributed by atoms with E-state index in [4.69, 9.17) is 15.9 Å². The average Bonchev–Trinajstić information content (AvgIpc) is 3.14. The Morgan fingerprint density at radius 1 is 1.56 bits per heavy atom. The lowest BCUT2D eigenvalue weighted by Gasteiger charge is -2.17. The largest absolute Gasteiger partial charge is 0.491 e. The second kappa shape index (κ2) is 5.71. The van der Waals surface area contributed by atoms with Gasteiger partial charge >= 0.3 is 0 Å². The number of benzene rings is 1. The number of hydrogen-bond donors (Lipinski definition) is 2. The molecule has 1 fully saturated rings. The van der Waals surface area contributed by atoms with Crippen molar-refractivity contribution in [2.24, 2.45) is 5.73 Å². The van der Waals surface area contributed by atoms with E-state index in [1.165, 1.54) is 12.8 Å². The molecule has 0 heterocycles. The van der Waals surface area contributed by atoms with Gasteiger partial charge in [0.2, 0.25) is 0 Å². The Kier molecular flexibility index (Phi) is 4.24. The molecular weight excluding hydrogens is 294 g/mol. The minimum Gasteiger partial charge on any atom is -0.491 e. The van der Waals surface area contributed by atoms with Crippen molar-refractivity contribution in [3.8, 4) is 5.75 Å². The molecule has 1 aliphatic rings. The SMILES string of the molecule is CN(CCOc1ccc(Br)cc1C(=N)N)C1CC1. The second-order valence-electron chi connectivity index (χ2n) is 4.61. The molecule has 1 aromatic carbocycles. The third kappa shape index (κ3) is 3.46. The van der Waals surface area contributed by atoms with Crippen LogP contribution in [-0.4, -0.2) is 37.0 Å². The van der Waals surface area contributed by atoms with Crippen LogP contribution in [0.2, 0.25) is 0 Å². The molecule has 0 aromatic heterocycles. The van der Waals surface area contributed by atoms with Crippen LogP contribution in [0.4, 0.5) is 0 Å². The number of nitrogen functional groups attached to an aromatic ring is 1. The first-order valence-corrected chi connectivity index (χ1v) is 6.84. The molecule has 0 aliphatic heterocycles. The van der Waals surface area contributed by atoms with Crippen LogP contribution >= 0.6 is 15.9 Å². The first kappa shape index (κ1) is 13.4. The van der Waals surface area contributed by atoms with Gasteiger partial charge in [-0.25, -0.2) is 0 Å². The summed E-state index contributed by atoms with van der Waals surface area (Å²) in [4.78, 5) is 2.31. The highest BCUT2D eigenvalue weighted by Crippen LogP contribution is 2.25. The van der Waals surface area contributed by atoms with Crippen LogP contribution < -0.4 is 10.5 Å². The molecule has 98 valence electrons. The van der Waals surface area contributed by atoms with E-state index in [0.29, 0.717) is 17.9 Å². The number of likely N-dealkylation sites (N-methyl/N-ethyl adjacent to an activating group) is 1. The zero-order valence-electron chi connectivity index (χ0n) is 10.4. The molecule has 0 unspecified atom stereocenters. The third-order valence-corrected chi connectivity index (χ3v) is 3.60. The van der Waals surface area contributed by atoms with Crippen LogP contribution in [0, 0.1) is 5.41 Å². The van der Waals surface area contributed by atoms with E-state index in [9.17, 15) is 0 Å². The summed E-state index contributed by atoms with van der Waals surface area (Å²) < 4.78 is 6.62. The molecule has 0 spiro atoms. The fraction of sp³-hybridized carbons (Fsp3) is 0.462. The van der Waals surface area contributed by atoms with Gasteiger partial charge in [0.1, 0.15) is 18.2 Å². The average molecular weight is 312 g/mol. The highest BCUT2D eigenvalue weighted by Gasteiger charge is 2.25. The van der Waals surface area contributed by atoms with Crippen LogP contribution in [0.25, 0.3) is 0 Å². The lowest BCUT2D eigenvalue weighted by molar-refractivity contribution is 0.231. The number of nitrogens with zero attached hydrogens (tertiary/aromatic N) is 1. The van der Waals surface area contributed by atoms with E-state index in [1.54, 1.807) is 0 Å². The molecule has 0 radical (unpaired) electrons. The summed E-state index contributed by atoms with van der Waals surface area (Å²) in [6, 6.07) is 6.29. The second-order valence-corrected chi connectivity index (χ2v) is 5.53. The molecule has 5 heteroatoms. The number of halogens is 1. The van der Waals surface area contributed by atoms with Crippen molar-refractivity contribution in [3.63, 3.8) is 0 Å². The molecule has 3 N–H and O–H groups in total. The summed E-state index contributed by atoms with van der Waals surface area (Å²) in [5.41, 5.74) is 6.18. The van der Waals surface area contributed by atoms with E-state index in [2.05, 4.69) is 27.9 Å². The van der Waals surface area contributed by atoms with Crippen molar-refractivity contribution in [2.75, 3.05) is 20.2 Å². The number of ether oxygens (including phenoxy) is 1. The van der Waals surface area contributed by atoms with E-state index in [-0.39, 0.29) is 5.84 Å². The molecule has 0 atom stereocenters. The van der Waals surface area contributed by atoms with Gasteiger partial charge in [-0.1, -0.05) is 15.9 Å². The molecule has 0 amide bonds. The Balaban J connectivity index is 1.93. The summed E-state index contributed by atoms with van der Waals surface area (Å²) in [5.74, 6) is 0.705. The van der Waals surface area contributed by atoms with Crippen LogP contribution in [0.15, 0.2) is 22.7 Å². The van der Waals surface area contributed by atoms with Crippen molar-refractivity contribution in [1.29, 1.82) is 5.41 Å². The van der Waals surface area contributed by atoms with Gasteiger partial charge in [0.05, 0.1) is 5.56 Å². The number of hydrogen-bond acceptors (Lipinski definition) is 3. The van der Waals surface area contributed by atoms with Gasteiger partial charge in [-0.05, 0) is 38.1 Å². The van der Waals surface area contributed by atoms with E-state index in [0.717, 1.165) is 17.1 Å². The van der Waals surface area contributed by atoms with Gasteiger partial charge in [0.15, 0.2) is 0 Å². The van der Waals surface area contributed by atoms with Gasteiger partial charge in [0, 0.05) is 17.1 Å². The minimum atomic E-state index is 0.0295. The summed E-state index contributed by atoms with van der Waals surface area (Å²) >= 11 is 3.37. The van der Waals surface area contributed by atoms with Gasteiger partial charge in [-0.15, -0.1) is 0 Å². The van der Waals surface area contributed by atoms with E-state index < -0.39 is 0 Å². The summed E-state index contributed by atoms with van der Waals surface area (Å²) in [7, 11) is 2.12. The van der Waals surface area contributed by atoms with Crippen LogP contribution in [0.1, 0.15) is 18.4 Å².